The van der Waals surface area contributed by atoms with Gasteiger partial charge < -0.3 is 20.2 Å². The largest absolute Gasteiger partial charge is 0.359 e. The molecule has 5 heterocycles. The van der Waals surface area contributed by atoms with Crippen molar-refractivity contribution in [3.63, 3.8) is 0 Å². The maximum atomic E-state index is 8.63. The summed E-state index contributed by atoms with van der Waals surface area (Å²) in [5.74, 6) is 0. The Bertz CT molecular complexity index is 1810. The second-order valence-corrected chi connectivity index (χ2v) is 13.2. The first-order valence-electron chi connectivity index (χ1n) is 17.7. The highest BCUT2D eigenvalue weighted by molar-refractivity contribution is 6.03. The summed E-state index contributed by atoms with van der Waals surface area (Å²) in [7, 11) is 0. The first kappa shape index (κ1) is 33.7. The Morgan fingerprint density at radius 1 is 0.854 bits per heavy atom. The van der Waals surface area contributed by atoms with Gasteiger partial charge in [0.1, 0.15) is 6.23 Å². The molecule has 252 valence electrons. The predicted octanol–water partition coefficient (Wildman–Crippen LogP) is 9.14. The van der Waals surface area contributed by atoms with Crippen LogP contribution >= 0.6 is 0 Å². The molecule has 2 aliphatic rings. The van der Waals surface area contributed by atoms with E-state index in [-0.39, 0.29) is 12.5 Å². The molecule has 0 aliphatic carbocycles. The lowest BCUT2D eigenvalue weighted by atomic mass is 9.95. The molecule has 2 N–H and O–H groups in total. The molecule has 48 heavy (non-hydrogen) atoms. The normalized spacial score (nSPS) is 18.8. The van der Waals surface area contributed by atoms with Crippen molar-refractivity contribution in [3.05, 3.63) is 82.2 Å². The van der Waals surface area contributed by atoms with Crippen molar-refractivity contribution >= 4 is 11.4 Å². The summed E-state index contributed by atoms with van der Waals surface area (Å²) in [6.45, 7) is 14.2. The van der Waals surface area contributed by atoms with Crippen molar-refractivity contribution in [1.29, 1.82) is 5.41 Å². The molecule has 2 fully saturated rings. The van der Waals surface area contributed by atoms with Gasteiger partial charge in [-0.15, -0.1) is 0 Å². The van der Waals surface area contributed by atoms with Gasteiger partial charge in [0.2, 0.25) is 0 Å². The number of nitrogens with zero attached hydrogens (tertiary/aromatic N) is 4. The van der Waals surface area contributed by atoms with Gasteiger partial charge in [-0.2, -0.15) is 5.10 Å². The van der Waals surface area contributed by atoms with E-state index in [0.717, 1.165) is 126 Å². The Kier molecular flexibility index (Phi) is 10.5. The number of rotatable bonds is 10. The molecule has 2 unspecified atom stereocenters. The topological polar surface area (TPSA) is 97.9 Å². The van der Waals surface area contributed by atoms with Gasteiger partial charge in [-0.3, -0.25) is 0 Å². The number of nitrogens with one attached hydrogen (secondary N) is 2. The zero-order chi connectivity index (χ0) is 33.8. The molecule has 0 amide bonds. The number of hydrogen-bond donors (Lipinski definition) is 2. The molecule has 3 aromatic heterocycles. The minimum atomic E-state index is -0.0806. The zero-order valence-corrected chi connectivity index (χ0v) is 29.4. The van der Waals surface area contributed by atoms with Crippen molar-refractivity contribution in [1.82, 2.24) is 25.1 Å². The van der Waals surface area contributed by atoms with E-state index < -0.39 is 0 Å². The molecule has 2 aliphatic heterocycles. The fourth-order valence-corrected chi connectivity index (χ4v) is 6.98. The van der Waals surface area contributed by atoms with Gasteiger partial charge in [0, 0.05) is 30.1 Å². The summed E-state index contributed by atoms with van der Waals surface area (Å²) >= 11 is 0. The Hall–Kier alpha value is -4.14. The van der Waals surface area contributed by atoms with Gasteiger partial charge in [-0.25, -0.2) is 14.6 Å². The molecular formula is C40H50N6O2. The first-order valence-corrected chi connectivity index (χ1v) is 17.7. The third-order valence-corrected chi connectivity index (χ3v) is 9.80. The van der Waals surface area contributed by atoms with E-state index in [1.807, 2.05) is 19.9 Å². The average molecular weight is 647 g/mol. The molecule has 8 nitrogen and oxygen atoms in total. The standard InChI is InChI=1S/C40H50N6O2/c1-7-31(41)27(5)39(44-37-19-9-11-21-47-37)35-17-13-15-33(42-35)29-24-30(26(4)23-25(29)3)34-16-14-18-36(43-34)40-28(6)32(8-2)45-46(40)38-20-10-12-22-48-38/h13-18,23-24,37-38,41,44H,7-12,19-22H2,1-6H3/b39-27-,41-31?. The number of hydrogen-bond acceptors (Lipinski definition) is 7. The highest BCUT2D eigenvalue weighted by Gasteiger charge is 2.25. The van der Waals surface area contributed by atoms with Crippen molar-refractivity contribution in [2.75, 3.05) is 13.2 Å². The Labute approximate surface area is 285 Å². The van der Waals surface area contributed by atoms with Crippen LogP contribution in [0.2, 0.25) is 0 Å². The van der Waals surface area contributed by atoms with Crippen LogP contribution in [0.25, 0.3) is 39.6 Å². The molecule has 8 heteroatoms. The van der Waals surface area contributed by atoms with Crippen molar-refractivity contribution in [2.24, 2.45) is 0 Å². The Balaban J connectivity index is 1.40. The minimum absolute atomic E-state index is 0.0629. The van der Waals surface area contributed by atoms with Gasteiger partial charge >= 0.3 is 0 Å². The number of aryl methyl sites for hydroxylation is 3. The predicted molar refractivity (Wildman–Crippen MR) is 194 cm³/mol. The summed E-state index contributed by atoms with van der Waals surface area (Å²) in [6.07, 6.45) is 7.72. The summed E-state index contributed by atoms with van der Waals surface area (Å²) < 4.78 is 14.3. The maximum absolute atomic E-state index is 8.63. The summed E-state index contributed by atoms with van der Waals surface area (Å²) in [5.41, 5.74) is 13.7. The van der Waals surface area contributed by atoms with E-state index in [9.17, 15) is 0 Å². The second kappa shape index (κ2) is 15.0. The third-order valence-electron chi connectivity index (χ3n) is 9.80. The number of pyridine rings is 2. The molecule has 0 spiro atoms. The van der Waals surface area contributed by atoms with Gasteiger partial charge in [0.25, 0.3) is 0 Å². The summed E-state index contributed by atoms with van der Waals surface area (Å²) in [5, 5.41) is 17.3. The molecule has 6 rings (SSSR count). The fraction of sp³-hybridized carbons (Fsp3) is 0.450. The van der Waals surface area contributed by atoms with Crippen LogP contribution in [0.4, 0.5) is 0 Å². The van der Waals surface area contributed by atoms with Crippen LogP contribution in [-0.2, 0) is 15.9 Å². The number of ether oxygens (including phenoxy) is 2. The number of aromatic nitrogens is 4. The lowest BCUT2D eigenvalue weighted by molar-refractivity contribution is -0.0386. The molecule has 1 aromatic carbocycles. The molecule has 0 bridgehead atoms. The number of benzene rings is 1. The van der Waals surface area contributed by atoms with Crippen molar-refractivity contribution in [2.45, 2.75) is 105 Å². The van der Waals surface area contributed by atoms with Gasteiger partial charge in [0.15, 0.2) is 6.23 Å². The van der Waals surface area contributed by atoms with Crippen LogP contribution in [0.15, 0.2) is 54.1 Å². The van der Waals surface area contributed by atoms with Crippen molar-refractivity contribution in [3.8, 4) is 33.9 Å². The van der Waals surface area contributed by atoms with E-state index >= 15 is 0 Å². The van der Waals surface area contributed by atoms with E-state index in [4.69, 9.17) is 29.9 Å². The van der Waals surface area contributed by atoms with Crippen LogP contribution in [0.3, 0.4) is 0 Å². The molecular weight excluding hydrogens is 596 g/mol. The minimum Gasteiger partial charge on any atom is -0.359 e. The monoisotopic (exact) mass is 646 g/mol. The quantitative estimate of drug-likeness (QED) is 0.167. The van der Waals surface area contributed by atoms with E-state index in [1.54, 1.807) is 0 Å². The van der Waals surface area contributed by atoms with E-state index in [0.29, 0.717) is 12.1 Å². The molecule has 0 radical (unpaired) electrons. The Morgan fingerprint density at radius 3 is 2.17 bits per heavy atom. The lowest BCUT2D eigenvalue weighted by Gasteiger charge is -2.27. The van der Waals surface area contributed by atoms with Gasteiger partial charge in [-0.1, -0.05) is 32.0 Å². The van der Waals surface area contributed by atoms with Crippen LogP contribution < -0.4 is 5.32 Å². The second-order valence-electron chi connectivity index (χ2n) is 13.2. The van der Waals surface area contributed by atoms with E-state index in [1.165, 1.54) is 5.56 Å². The molecule has 2 saturated heterocycles. The fourth-order valence-electron chi connectivity index (χ4n) is 6.98. The van der Waals surface area contributed by atoms with Crippen LogP contribution in [0, 0.1) is 26.2 Å². The third kappa shape index (κ3) is 7.01. The summed E-state index contributed by atoms with van der Waals surface area (Å²) in [4.78, 5) is 10.5. The zero-order valence-electron chi connectivity index (χ0n) is 29.4. The highest BCUT2D eigenvalue weighted by Crippen LogP contribution is 2.35. The Morgan fingerprint density at radius 2 is 1.52 bits per heavy atom. The average Bonchev–Trinajstić information content (AvgIpc) is 3.46. The van der Waals surface area contributed by atoms with Crippen LogP contribution in [-0.4, -0.2) is 44.9 Å². The molecule has 2 atom stereocenters. The number of allylic oxidation sites excluding steroid dienone is 1. The van der Waals surface area contributed by atoms with Crippen molar-refractivity contribution < 1.29 is 9.47 Å². The highest BCUT2D eigenvalue weighted by atomic mass is 16.5. The summed E-state index contributed by atoms with van der Waals surface area (Å²) in [6, 6.07) is 16.9. The van der Waals surface area contributed by atoms with Crippen LogP contribution in [0.1, 0.15) is 100 Å². The maximum Gasteiger partial charge on any atom is 0.150 e. The molecule has 4 aromatic rings. The smallest absolute Gasteiger partial charge is 0.150 e. The van der Waals surface area contributed by atoms with Crippen LogP contribution in [0.5, 0.6) is 0 Å². The van der Waals surface area contributed by atoms with E-state index in [2.05, 4.69) is 80.2 Å². The van der Waals surface area contributed by atoms with Gasteiger partial charge in [0.05, 0.1) is 39.9 Å². The lowest BCUT2D eigenvalue weighted by Crippen LogP contribution is -2.34. The van der Waals surface area contributed by atoms with Gasteiger partial charge in [-0.05, 0) is 132 Å². The SMILES string of the molecule is CCC(=N)/C(C)=C(\NC1CCCCO1)c1cccc(-c2cc(-c3cccc(-c4c(C)c(CC)nn4C4CCCCO4)n3)c(C)cc2C)n1. The molecule has 0 saturated carbocycles. The first-order chi connectivity index (χ1) is 23.3.